The molecular weight excluding hydrogens is 168 g/mol. The molecule has 1 rings (SSSR count). The lowest BCUT2D eigenvalue weighted by Gasteiger charge is -2.02. The van der Waals surface area contributed by atoms with Crippen LogP contribution in [0.1, 0.15) is 11.1 Å². The van der Waals surface area contributed by atoms with Crippen LogP contribution in [-0.4, -0.2) is 6.54 Å². The molecule has 0 fully saturated rings. The van der Waals surface area contributed by atoms with Crippen LogP contribution in [0, 0.1) is 16.7 Å². The van der Waals surface area contributed by atoms with E-state index in [1.165, 1.54) is 0 Å². The maximum absolute atomic E-state index is 10.2. The molecule has 0 aromatic heterocycles. The van der Waals surface area contributed by atoms with Crippen molar-refractivity contribution < 1.29 is 0 Å². The van der Waals surface area contributed by atoms with Gasteiger partial charge in [-0.25, -0.2) is 0 Å². The third kappa shape index (κ3) is 2.43. The zero-order chi connectivity index (χ0) is 9.68. The molecule has 0 atom stereocenters. The van der Waals surface area contributed by atoms with Gasteiger partial charge in [-0.1, -0.05) is 11.2 Å². The summed E-state index contributed by atoms with van der Waals surface area (Å²) in [4.78, 5) is 20.1. The van der Waals surface area contributed by atoms with Crippen molar-refractivity contribution in [2.24, 2.45) is 10.4 Å². The van der Waals surface area contributed by atoms with Gasteiger partial charge < -0.3 is 0 Å². The van der Waals surface area contributed by atoms with Crippen molar-refractivity contribution in [1.29, 1.82) is 0 Å². The summed E-state index contributed by atoms with van der Waals surface area (Å²) in [6, 6.07) is 5.14. The van der Waals surface area contributed by atoms with Gasteiger partial charge in [-0.2, -0.15) is 4.91 Å². The van der Waals surface area contributed by atoms with E-state index in [0.717, 1.165) is 11.1 Å². The summed E-state index contributed by atoms with van der Waals surface area (Å²) < 4.78 is 0. The molecule has 0 spiro atoms. The molecule has 0 radical (unpaired) electrons. The average Bonchev–Trinajstić information content (AvgIpc) is 2.16. The zero-order valence-corrected chi connectivity index (χ0v) is 7.36. The van der Waals surface area contributed by atoms with E-state index in [1.807, 2.05) is 6.92 Å². The van der Waals surface area contributed by atoms with Crippen LogP contribution >= 0.6 is 0 Å². The quantitative estimate of drug-likeness (QED) is 0.665. The summed E-state index contributed by atoms with van der Waals surface area (Å²) in [6.07, 6.45) is 0.620. The fourth-order valence-electron chi connectivity index (χ4n) is 1.18. The SMILES string of the molecule is Cc1cc(N=O)ccc1CCN=O. The van der Waals surface area contributed by atoms with Gasteiger partial charge in [-0.3, -0.25) is 0 Å². The highest BCUT2D eigenvalue weighted by Gasteiger charge is 1.99. The van der Waals surface area contributed by atoms with E-state index in [4.69, 9.17) is 0 Å². The molecule has 0 saturated carbocycles. The Morgan fingerprint density at radius 1 is 1.31 bits per heavy atom. The Kier molecular flexibility index (Phi) is 3.25. The summed E-state index contributed by atoms with van der Waals surface area (Å²) in [7, 11) is 0. The van der Waals surface area contributed by atoms with Crippen LogP contribution in [0.15, 0.2) is 28.6 Å². The molecule has 0 aliphatic heterocycles. The highest BCUT2D eigenvalue weighted by Crippen LogP contribution is 2.17. The number of hydrogen-bond acceptors (Lipinski definition) is 4. The van der Waals surface area contributed by atoms with Gasteiger partial charge >= 0.3 is 0 Å². The second kappa shape index (κ2) is 4.45. The predicted molar refractivity (Wildman–Crippen MR) is 51.0 cm³/mol. The summed E-state index contributed by atoms with van der Waals surface area (Å²) >= 11 is 0. The predicted octanol–water partition coefficient (Wildman–Crippen LogP) is 2.70. The highest BCUT2D eigenvalue weighted by atomic mass is 16.3. The standard InChI is InChI=1S/C9H10N2O2/c1-7-6-9(11-13)3-2-8(7)4-5-10-12/h2-3,6H,4-5H2,1H3. The van der Waals surface area contributed by atoms with E-state index in [0.29, 0.717) is 12.1 Å². The fourth-order valence-corrected chi connectivity index (χ4v) is 1.18. The Bertz CT molecular complexity index is 323. The molecule has 68 valence electrons. The summed E-state index contributed by atoms with van der Waals surface area (Å²) in [6.45, 7) is 2.16. The zero-order valence-electron chi connectivity index (χ0n) is 7.36. The van der Waals surface area contributed by atoms with E-state index < -0.39 is 0 Å². The lowest BCUT2D eigenvalue weighted by atomic mass is 10.1. The Morgan fingerprint density at radius 2 is 2.08 bits per heavy atom. The average molecular weight is 178 g/mol. The van der Waals surface area contributed by atoms with E-state index in [1.54, 1.807) is 18.2 Å². The first kappa shape index (κ1) is 9.51. The third-order valence-corrected chi connectivity index (χ3v) is 1.90. The second-order valence-corrected chi connectivity index (χ2v) is 2.80. The van der Waals surface area contributed by atoms with E-state index >= 15 is 0 Å². The van der Waals surface area contributed by atoms with Gasteiger partial charge in [0.15, 0.2) is 0 Å². The first-order valence-electron chi connectivity index (χ1n) is 4.00. The molecule has 0 unspecified atom stereocenters. The van der Waals surface area contributed by atoms with Gasteiger partial charge in [0.2, 0.25) is 0 Å². The van der Waals surface area contributed by atoms with Crippen molar-refractivity contribution in [3.05, 3.63) is 39.1 Å². The Balaban J connectivity index is 2.84. The van der Waals surface area contributed by atoms with Crippen LogP contribution < -0.4 is 0 Å². The van der Waals surface area contributed by atoms with Gasteiger partial charge in [-0.05, 0) is 41.8 Å². The molecule has 0 bridgehead atoms. The van der Waals surface area contributed by atoms with Crippen molar-refractivity contribution in [1.82, 2.24) is 0 Å². The summed E-state index contributed by atoms with van der Waals surface area (Å²) in [5, 5.41) is 5.60. The molecule has 1 aromatic carbocycles. The lowest BCUT2D eigenvalue weighted by molar-refractivity contribution is 0.950. The molecule has 4 nitrogen and oxygen atoms in total. The number of benzene rings is 1. The lowest BCUT2D eigenvalue weighted by Crippen LogP contribution is -1.91. The minimum Gasteiger partial charge on any atom is -0.151 e. The molecule has 1 aromatic rings. The van der Waals surface area contributed by atoms with Crippen LogP contribution in [0.5, 0.6) is 0 Å². The van der Waals surface area contributed by atoms with Crippen LogP contribution in [0.25, 0.3) is 0 Å². The van der Waals surface area contributed by atoms with Gasteiger partial charge in [0.05, 0.1) is 6.54 Å². The van der Waals surface area contributed by atoms with E-state index in [-0.39, 0.29) is 6.54 Å². The van der Waals surface area contributed by atoms with Gasteiger partial charge in [0.25, 0.3) is 0 Å². The largest absolute Gasteiger partial charge is 0.151 e. The van der Waals surface area contributed by atoms with Crippen LogP contribution in [0.2, 0.25) is 0 Å². The Morgan fingerprint density at radius 3 is 2.62 bits per heavy atom. The Labute approximate surface area is 75.9 Å². The van der Waals surface area contributed by atoms with Crippen molar-refractivity contribution in [3.8, 4) is 0 Å². The maximum atomic E-state index is 10.2. The van der Waals surface area contributed by atoms with Crippen LogP contribution in [-0.2, 0) is 6.42 Å². The minimum atomic E-state index is 0.273. The van der Waals surface area contributed by atoms with Crippen LogP contribution in [0.4, 0.5) is 5.69 Å². The fraction of sp³-hybridized carbons (Fsp3) is 0.333. The number of nitroso groups, excluding NO2 is 2. The van der Waals surface area contributed by atoms with E-state index in [9.17, 15) is 9.81 Å². The van der Waals surface area contributed by atoms with Gasteiger partial charge in [0, 0.05) is 0 Å². The molecule has 4 heteroatoms. The molecular formula is C9H10N2O2. The van der Waals surface area contributed by atoms with Crippen molar-refractivity contribution >= 4 is 5.69 Å². The number of hydrogen-bond donors (Lipinski definition) is 0. The molecule has 0 aliphatic carbocycles. The van der Waals surface area contributed by atoms with Crippen molar-refractivity contribution in [2.75, 3.05) is 6.54 Å². The molecule has 0 aliphatic rings. The van der Waals surface area contributed by atoms with Gasteiger partial charge in [0.1, 0.15) is 5.69 Å². The first-order valence-corrected chi connectivity index (χ1v) is 4.00. The summed E-state index contributed by atoms with van der Waals surface area (Å²) in [5.41, 5.74) is 2.42. The number of nitrogens with zero attached hydrogens (tertiary/aromatic N) is 2. The molecule has 0 heterocycles. The molecule has 13 heavy (non-hydrogen) atoms. The second-order valence-electron chi connectivity index (χ2n) is 2.80. The molecule has 0 amide bonds. The van der Waals surface area contributed by atoms with Crippen LogP contribution in [0.3, 0.4) is 0 Å². The smallest absolute Gasteiger partial charge is 0.108 e. The van der Waals surface area contributed by atoms with Crippen molar-refractivity contribution in [3.63, 3.8) is 0 Å². The normalized spacial score (nSPS) is 9.62. The Hall–Kier alpha value is -1.58. The number of rotatable bonds is 4. The monoisotopic (exact) mass is 178 g/mol. The number of aryl methyl sites for hydroxylation is 1. The van der Waals surface area contributed by atoms with Crippen molar-refractivity contribution in [2.45, 2.75) is 13.3 Å². The topological polar surface area (TPSA) is 58.9 Å². The van der Waals surface area contributed by atoms with E-state index in [2.05, 4.69) is 10.4 Å². The van der Waals surface area contributed by atoms with Gasteiger partial charge in [-0.15, -0.1) is 4.91 Å². The summed E-state index contributed by atoms with van der Waals surface area (Å²) in [5.74, 6) is 0. The minimum absolute atomic E-state index is 0.273. The third-order valence-electron chi connectivity index (χ3n) is 1.90. The highest BCUT2D eigenvalue weighted by molar-refractivity contribution is 5.43. The maximum Gasteiger partial charge on any atom is 0.108 e. The molecule has 0 saturated heterocycles. The molecule has 0 N–H and O–H groups in total. The first-order chi connectivity index (χ1) is 6.27.